The fraction of sp³-hybridized carbons (Fsp3) is 0.500. The molecule has 10 heteroatoms. The minimum absolute atomic E-state index is 0.0744. The first-order valence-corrected chi connectivity index (χ1v) is 14.8. The average molecular weight is 616 g/mol. The quantitative estimate of drug-likeness (QED) is 0.203. The molecule has 4 rings (SSSR count). The van der Waals surface area contributed by atoms with Crippen molar-refractivity contribution in [3.8, 4) is 22.8 Å². The summed E-state index contributed by atoms with van der Waals surface area (Å²) in [5, 5.41) is 15.4. The Hall–Kier alpha value is -3.79. The topological polar surface area (TPSA) is 105 Å². The van der Waals surface area contributed by atoms with Crippen molar-refractivity contribution in [1.29, 1.82) is 0 Å². The number of carbonyl (C=O) groups is 1. The van der Waals surface area contributed by atoms with Crippen molar-refractivity contribution in [1.82, 2.24) is 9.97 Å². The van der Waals surface area contributed by atoms with Gasteiger partial charge in [0, 0.05) is 42.3 Å². The summed E-state index contributed by atoms with van der Waals surface area (Å²) < 4.78 is 39.5. The number of anilines is 1. The number of aliphatic hydroxyl groups is 1. The van der Waals surface area contributed by atoms with Gasteiger partial charge in [-0.3, -0.25) is 9.78 Å². The molecule has 0 atom stereocenters. The Morgan fingerprint density at radius 3 is 2.14 bits per heavy atom. The minimum Gasteiger partial charge on any atom is -0.490 e. The fourth-order valence-corrected chi connectivity index (χ4v) is 4.65. The first kappa shape index (κ1) is 36.4. The first-order valence-electron chi connectivity index (χ1n) is 14.8. The molecule has 2 aromatic heterocycles. The van der Waals surface area contributed by atoms with Gasteiger partial charge in [0.15, 0.2) is 5.82 Å². The summed E-state index contributed by atoms with van der Waals surface area (Å²) in [6.45, 7) is 17.7. The van der Waals surface area contributed by atoms with Crippen LogP contribution < -0.4 is 14.4 Å². The third kappa shape index (κ3) is 11.4. The third-order valence-electron chi connectivity index (χ3n) is 6.99. The van der Waals surface area contributed by atoms with Gasteiger partial charge in [-0.05, 0) is 94.7 Å². The van der Waals surface area contributed by atoms with Gasteiger partial charge < -0.3 is 24.6 Å². The molecule has 0 spiro atoms. The molecule has 0 amide bonds. The van der Waals surface area contributed by atoms with Crippen LogP contribution in [0.5, 0.6) is 11.6 Å². The average Bonchev–Trinajstić information content (AvgIpc) is 2.93. The predicted molar refractivity (Wildman–Crippen MR) is 170 cm³/mol. The number of rotatable bonds is 8. The number of aryl methyl sites for hydroxylation is 2. The van der Waals surface area contributed by atoms with E-state index in [1.54, 1.807) is 46.0 Å². The highest BCUT2D eigenvalue weighted by atomic mass is 19.1. The van der Waals surface area contributed by atoms with Gasteiger partial charge in [-0.25, -0.2) is 13.8 Å². The molecule has 44 heavy (non-hydrogen) atoms. The number of hydrogen-bond acceptors (Lipinski definition) is 7. The minimum atomic E-state index is -0.533. The van der Waals surface area contributed by atoms with Crippen LogP contribution in [0, 0.1) is 30.9 Å². The van der Waals surface area contributed by atoms with Crippen LogP contribution in [-0.2, 0) is 11.2 Å². The Balaban J connectivity index is 0.000000754. The Labute approximate surface area is 260 Å². The maximum atomic E-state index is 15.0. The van der Waals surface area contributed by atoms with E-state index in [0.717, 1.165) is 49.3 Å². The van der Waals surface area contributed by atoms with E-state index in [2.05, 4.69) is 35.6 Å². The lowest BCUT2D eigenvalue weighted by molar-refractivity contribution is -0.122. The molecule has 1 aliphatic rings. The lowest BCUT2D eigenvalue weighted by Crippen LogP contribution is -2.38. The Morgan fingerprint density at radius 2 is 1.59 bits per heavy atom. The van der Waals surface area contributed by atoms with Gasteiger partial charge in [0.2, 0.25) is 0 Å². The number of hydrogen-bond donors (Lipinski definition) is 2. The second kappa shape index (κ2) is 16.3. The number of ether oxygens (including phenoxy) is 2. The van der Waals surface area contributed by atoms with Gasteiger partial charge in [-0.1, -0.05) is 20.8 Å². The van der Waals surface area contributed by atoms with Crippen LogP contribution in [0.25, 0.3) is 11.1 Å². The van der Waals surface area contributed by atoms with Crippen LogP contribution in [0.15, 0.2) is 36.7 Å². The maximum Gasteiger partial charge on any atom is 0.290 e. The van der Waals surface area contributed by atoms with E-state index in [9.17, 15) is 4.39 Å². The number of benzene rings is 1. The Bertz CT molecular complexity index is 1360. The molecule has 3 aromatic rings. The van der Waals surface area contributed by atoms with E-state index in [4.69, 9.17) is 24.5 Å². The smallest absolute Gasteiger partial charge is 0.290 e. The molecular weight excluding hydrogens is 568 g/mol. The number of halogens is 2. The highest BCUT2D eigenvalue weighted by molar-refractivity contribution is 5.81. The zero-order valence-corrected chi connectivity index (χ0v) is 27.2. The molecular formula is C34H47F2N3O5. The number of aromatic nitrogens is 2. The molecule has 0 unspecified atom stereocenters. The largest absolute Gasteiger partial charge is 0.490 e. The molecule has 0 radical (unpaired) electrons. The van der Waals surface area contributed by atoms with Gasteiger partial charge in [0.1, 0.15) is 24.8 Å². The van der Waals surface area contributed by atoms with Crippen molar-refractivity contribution in [2.75, 3.05) is 31.2 Å². The van der Waals surface area contributed by atoms with Gasteiger partial charge in [0.25, 0.3) is 12.4 Å². The molecule has 8 nitrogen and oxygen atoms in total. The van der Waals surface area contributed by atoms with Gasteiger partial charge >= 0.3 is 0 Å². The van der Waals surface area contributed by atoms with Crippen molar-refractivity contribution >= 4 is 12.2 Å². The van der Waals surface area contributed by atoms with Crippen molar-refractivity contribution in [2.24, 2.45) is 5.41 Å². The number of pyridine rings is 2. The second-order valence-electron chi connectivity index (χ2n) is 12.5. The van der Waals surface area contributed by atoms with E-state index in [0.29, 0.717) is 22.3 Å². The van der Waals surface area contributed by atoms with Crippen LogP contribution in [-0.4, -0.2) is 58.6 Å². The molecule has 0 aliphatic carbocycles. The summed E-state index contributed by atoms with van der Waals surface area (Å²) in [4.78, 5) is 19.7. The molecule has 1 fully saturated rings. The van der Waals surface area contributed by atoms with Crippen molar-refractivity contribution in [3.05, 3.63) is 65.1 Å². The van der Waals surface area contributed by atoms with Crippen molar-refractivity contribution < 1.29 is 33.3 Å². The lowest BCUT2D eigenvalue weighted by atomic mass is 9.82. The molecule has 0 saturated carbocycles. The van der Waals surface area contributed by atoms with E-state index < -0.39 is 11.4 Å². The van der Waals surface area contributed by atoms with Crippen LogP contribution in [0.3, 0.4) is 0 Å². The lowest BCUT2D eigenvalue weighted by Gasteiger charge is -2.40. The zero-order chi connectivity index (χ0) is 33.1. The first-order chi connectivity index (χ1) is 20.6. The van der Waals surface area contributed by atoms with Gasteiger partial charge in [-0.15, -0.1) is 0 Å². The molecule has 3 heterocycles. The number of carboxylic acid groups (broad SMARTS) is 1. The van der Waals surface area contributed by atoms with Crippen molar-refractivity contribution in [2.45, 2.75) is 80.3 Å². The summed E-state index contributed by atoms with van der Waals surface area (Å²) in [6.07, 6.45) is 6.54. The summed E-state index contributed by atoms with van der Waals surface area (Å²) >= 11 is 0. The van der Waals surface area contributed by atoms with Crippen LogP contribution in [0.1, 0.15) is 71.2 Å². The van der Waals surface area contributed by atoms with Gasteiger partial charge in [-0.2, -0.15) is 0 Å². The molecule has 2 N–H and O–H groups in total. The van der Waals surface area contributed by atoms with Crippen molar-refractivity contribution in [3.63, 3.8) is 0 Å². The predicted octanol–water partition coefficient (Wildman–Crippen LogP) is 7.16. The number of nitrogens with zero attached hydrogens (tertiary/aromatic N) is 3. The summed E-state index contributed by atoms with van der Waals surface area (Å²) in [5.74, 6) is -0.357. The van der Waals surface area contributed by atoms with Gasteiger partial charge in [0.05, 0.1) is 11.3 Å². The highest BCUT2D eigenvalue weighted by Crippen LogP contribution is 2.40. The van der Waals surface area contributed by atoms with E-state index in [1.165, 1.54) is 17.7 Å². The molecule has 242 valence electrons. The Kier molecular flexibility index (Phi) is 13.5. The SMILES string of the molecule is CC(C)(C)O.CCc1c(C)ncc(-c2cnc(OCCOc3ccc(F)c(C)c3)c(F)c2)c1N1CCC(C)(C)CC1.O=CO. The summed E-state index contributed by atoms with van der Waals surface area (Å²) in [6, 6.07) is 5.99. The van der Waals surface area contributed by atoms with E-state index >= 15 is 4.39 Å². The third-order valence-corrected chi connectivity index (χ3v) is 6.99. The van der Waals surface area contributed by atoms with Crippen LogP contribution in [0.4, 0.5) is 14.5 Å². The normalized spacial score (nSPS) is 14.0. The molecule has 1 aromatic carbocycles. The molecule has 0 bridgehead atoms. The van der Waals surface area contributed by atoms with Crippen LogP contribution in [0.2, 0.25) is 0 Å². The zero-order valence-electron chi connectivity index (χ0n) is 27.2. The fourth-order valence-electron chi connectivity index (χ4n) is 4.65. The standard InChI is InChI=1S/C29H35F2N3O2.C4H10O.CH2O2/c1-6-23-20(3)32-18-24(27(23)34-11-9-29(4,5)10-12-34)21-16-26(31)28(33-17-21)36-14-13-35-22-7-8-25(30)19(2)15-22;1-4(2,3)5;2-1-3/h7-8,15-18H,6,9-14H2,1-5H3;5H,1-3H3;1H,(H,2,3). The van der Waals surface area contributed by atoms with E-state index in [-0.39, 0.29) is 31.4 Å². The summed E-state index contributed by atoms with van der Waals surface area (Å²) in [5.41, 5.74) is 5.24. The molecule has 1 saturated heterocycles. The second-order valence-corrected chi connectivity index (χ2v) is 12.5. The molecule has 1 aliphatic heterocycles. The van der Waals surface area contributed by atoms with E-state index in [1.807, 2.05) is 13.1 Å². The monoisotopic (exact) mass is 615 g/mol. The Morgan fingerprint density at radius 1 is 1.00 bits per heavy atom. The van der Waals surface area contributed by atoms with Crippen LogP contribution >= 0.6 is 0 Å². The number of piperidine rings is 1. The summed E-state index contributed by atoms with van der Waals surface area (Å²) in [7, 11) is 0. The highest BCUT2D eigenvalue weighted by Gasteiger charge is 2.28. The maximum absolute atomic E-state index is 15.0.